The van der Waals surface area contributed by atoms with Crippen molar-refractivity contribution in [1.82, 2.24) is 4.98 Å². The molecule has 4 nitrogen and oxygen atoms in total. The van der Waals surface area contributed by atoms with Crippen LogP contribution in [0.15, 0.2) is 12.3 Å². The van der Waals surface area contributed by atoms with Crippen molar-refractivity contribution in [2.24, 2.45) is 0 Å². The van der Waals surface area contributed by atoms with E-state index in [2.05, 4.69) is 4.98 Å². The maximum absolute atomic E-state index is 10.2. The molecule has 13 heavy (non-hydrogen) atoms. The van der Waals surface area contributed by atoms with E-state index in [1.165, 1.54) is 6.20 Å². The molecule has 0 aromatic carbocycles. The SMILES string of the molecule is Nc1ncc(CCC(=O)O)cc1Cl. The Labute approximate surface area is 80.3 Å². The summed E-state index contributed by atoms with van der Waals surface area (Å²) in [5.74, 6) is -0.575. The van der Waals surface area contributed by atoms with Crippen LogP contribution in [0.4, 0.5) is 5.82 Å². The summed E-state index contributed by atoms with van der Waals surface area (Å²) < 4.78 is 0. The van der Waals surface area contributed by atoms with Crippen LogP contribution in [0, 0.1) is 0 Å². The quantitative estimate of drug-likeness (QED) is 0.772. The minimum atomic E-state index is -0.840. The summed E-state index contributed by atoms with van der Waals surface area (Å²) in [6.07, 6.45) is 2.02. The predicted octanol–water partition coefficient (Wildman–Crippen LogP) is 1.33. The Bertz CT molecular complexity index is 328. The van der Waals surface area contributed by atoms with Crippen molar-refractivity contribution in [3.05, 3.63) is 22.8 Å². The van der Waals surface area contributed by atoms with Crippen LogP contribution >= 0.6 is 11.6 Å². The standard InChI is InChI=1S/C8H9ClN2O2/c9-6-3-5(1-2-7(12)13)4-11-8(6)10/h3-4H,1-2H2,(H2,10,11)(H,12,13). The highest BCUT2D eigenvalue weighted by Crippen LogP contribution is 2.17. The van der Waals surface area contributed by atoms with Gasteiger partial charge in [0.25, 0.3) is 0 Å². The number of carboxylic acid groups (broad SMARTS) is 1. The van der Waals surface area contributed by atoms with E-state index >= 15 is 0 Å². The van der Waals surface area contributed by atoms with E-state index in [9.17, 15) is 4.79 Å². The summed E-state index contributed by atoms with van der Waals surface area (Å²) in [7, 11) is 0. The highest BCUT2D eigenvalue weighted by Gasteiger charge is 2.02. The Hall–Kier alpha value is -1.29. The molecule has 0 aliphatic carbocycles. The molecule has 1 heterocycles. The predicted molar refractivity (Wildman–Crippen MR) is 49.6 cm³/mol. The molecule has 0 amide bonds. The van der Waals surface area contributed by atoms with Gasteiger partial charge in [-0.1, -0.05) is 11.6 Å². The molecule has 70 valence electrons. The monoisotopic (exact) mass is 200 g/mol. The zero-order valence-corrected chi connectivity index (χ0v) is 7.58. The molecule has 3 N–H and O–H groups in total. The van der Waals surface area contributed by atoms with Gasteiger partial charge in [0.15, 0.2) is 0 Å². The Morgan fingerprint density at radius 2 is 2.38 bits per heavy atom. The number of nitrogens with zero attached hydrogens (tertiary/aromatic N) is 1. The Morgan fingerprint density at radius 3 is 2.92 bits per heavy atom. The first-order valence-electron chi connectivity index (χ1n) is 3.71. The molecular formula is C8H9ClN2O2. The number of aromatic nitrogens is 1. The molecule has 0 radical (unpaired) electrons. The Morgan fingerprint density at radius 1 is 1.69 bits per heavy atom. The van der Waals surface area contributed by atoms with Crippen molar-refractivity contribution >= 4 is 23.4 Å². The van der Waals surface area contributed by atoms with Crippen molar-refractivity contribution in [2.45, 2.75) is 12.8 Å². The average molecular weight is 201 g/mol. The van der Waals surface area contributed by atoms with Gasteiger partial charge in [-0.3, -0.25) is 4.79 Å². The van der Waals surface area contributed by atoms with Gasteiger partial charge in [-0.15, -0.1) is 0 Å². The maximum atomic E-state index is 10.2. The first kappa shape index (κ1) is 9.80. The number of carboxylic acids is 1. The molecule has 0 saturated heterocycles. The molecule has 0 atom stereocenters. The van der Waals surface area contributed by atoms with Gasteiger partial charge in [0.2, 0.25) is 0 Å². The first-order chi connectivity index (χ1) is 6.09. The third-order valence-electron chi connectivity index (χ3n) is 1.55. The summed E-state index contributed by atoms with van der Waals surface area (Å²) in [5, 5.41) is 8.78. The summed E-state index contributed by atoms with van der Waals surface area (Å²) in [6, 6.07) is 1.63. The molecule has 5 heteroatoms. The van der Waals surface area contributed by atoms with Gasteiger partial charge >= 0.3 is 5.97 Å². The van der Waals surface area contributed by atoms with Crippen LogP contribution in [0.2, 0.25) is 5.02 Å². The molecule has 0 saturated carbocycles. The molecule has 0 fully saturated rings. The second kappa shape index (κ2) is 4.09. The lowest BCUT2D eigenvalue weighted by Gasteiger charge is -2.00. The van der Waals surface area contributed by atoms with E-state index in [1.807, 2.05) is 0 Å². The fourth-order valence-electron chi connectivity index (χ4n) is 0.876. The average Bonchev–Trinajstić information content (AvgIpc) is 2.07. The van der Waals surface area contributed by atoms with E-state index in [-0.39, 0.29) is 12.2 Å². The largest absolute Gasteiger partial charge is 0.481 e. The fraction of sp³-hybridized carbons (Fsp3) is 0.250. The minimum Gasteiger partial charge on any atom is -0.481 e. The number of hydrogen-bond donors (Lipinski definition) is 2. The van der Waals surface area contributed by atoms with Crippen molar-refractivity contribution < 1.29 is 9.90 Å². The van der Waals surface area contributed by atoms with Gasteiger partial charge in [0.1, 0.15) is 5.82 Å². The normalized spacial score (nSPS) is 9.92. The zero-order valence-electron chi connectivity index (χ0n) is 6.83. The van der Waals surface area contributed by atoms with Gasteiger partial charge in [0.05, 0.1) is 5.02 Å². The van der Waals surface area contributed by atoms with Gasteiger partial charge in [-0.2, -0.15) is 0 Å². The lowest BCUT2D eigenvalue weighted by molar-refractivity contribution is -0.136. The van der Waals surface area contributed by atoms with Crippen LogP contribution in [0.1, 0.15) is 12.0 Å². The van der Waals surface area contributed by atoms with Crippen LogP contribution < -0.4 is 5.73 Å². The minimum absolute atomic E-state index is 0.0714. The van der Waals surface area contributed by atoms with Crippen molar-refractivity contribution in [3.63, 3.8) is 0 Å². The summed E-state index contributed by atoms with van der Waals surface area (Å²) in [5.41, 5.74) is 6.16. The van der Waals surface area contributed by atoms with Crippen molar-refractivity contribution in [3.8, 4) is 0 Å². The van der Waals surface area contributed by atoms with Gasteiger partial charge in [0, 0.05) is 12.6 Å². The second-order valence-electron chi connectivity index (χ2n) is 2.60. The number of nitrogen functional groups attached to an aromatic ring is 1. The molecule has 0 unspecified atom stereocenters. The number of pyridine rings is 1. The third kappa shape index (κ3) is 2.91. The highest BCUT2D eigenvalue weighted by atomic mass is 35.5. The number of aryl methyl sites for hydroxylation is 1. The van der Waals surface area contributed by atoms with Crippen molar-refractivity contribution in [1.29, 1.82) is 0 Å². The fourth-order valence-corrected chi connectivity index (χ4v) is 1.07. The smallest absolute Gasteiger partial charge is 0.303 e. The molecule has 1 rings (SSSR count). The number of halogens is 1. The van der Waals surface area contributed by atoms with E-state index in [4.69, 9.17) is 22.4 Å². The molecular weight excluding hydrogens is 192 g/mol. The lowest BCUT2D eigenvalue weighted by Crippen LogP contribution is -1.99. The summed E-state index contributed by atoms with van der Waals surface area (Å²) in [4.78, 5) is 14.1. The Kier molecular flexibility index (Phi) is 3.08. The Balaban J connectivity index is 2.68. The summed E-state index contributed by atoms with van der Waals surface area (Å²) >= 11 is 5.69. The third-order valence-corrected chi connectivity index (χ3v) is 1.86. The van der Waals surface area contributed by atoms with E-state index < -0.39 is 5.97 Å². The number of nitrogens with two attached hydrogens (primary N) is 1. The first-order valence-corrected chi connectivity index (χ1v) is 4.09. The van der Waals surface area contributed by atoms with Crippen molar-refractivity contribution in [2.75, 3.05) is 5.73 Å². The second-order valence-corrected chi connectivity index (χ2v) is 3.01. The zero-order chi connectivity index (χ0) is 9.84. The van der Waals surface area contributed by atoms with Crippen LogP contribution in [0.25, 0.3) is 0 Å². The molecule has 0 aliphatic heterocycles. The van der Waals surface area contributed by atoms with Crippen LogP contribution in [-0.4, -0.2) is 16.1 Å². The number of anilines is 1. The highest BCUT2D eigenvalue weighted by molar-refractivity contribution is 6.32. The number of rotatable bonds is 3. The number of aliphatic carboxylic acids is 1. The molecule has 0 bridgehead atoms. The van der Waals surface area contributed by atoms with E-state index in [0.29, 0.717) is 11.4 Å². The van der Waals surface area contributed by atoms with Crippen LogP contribution in [0.3, 0.4) is 0 Å². The number of carbonyl (C=O) groups is 1. The lowest BCUT2D eigenvalue weighted by atomic mass is 10.1. The summed E-state index contributed by atoms with van der Waals surface area (Å²) in [6.45, 7) is 0. The van der Waals surface area contributed by atoms with Gasteiger partial charge in [-0.25, -0.2) is 4.98 Å². The molecule has 0 spiro atoms. The van der Waals surface area contributed by atoms with E-state index in [0.717, 1.165) is 5.56 Å². The topological polar surface area (TPSA) is 76.2 Å². The van der Waals surface area contributed by atoms with Gasteiger partial charge < -0.3 is 10.8 Å². The maximum Gasteiger partial charge on any atom is 0.303 e. The number of hydrogen-bond acceptors (Lipinski definition) is 3. The van der Waals surface area contributed by atoms with Crippen LogP contribution in [-0.2, 0) is 11.2 Å². The molecule has 1 aromatic rings. The molecule has 1 aromatic heterocycles. The van der Waals surface area contributed by atoms with Gasteiger partial charge in [-0.05, 0) is 18.1 Å². The molecule has 0 aliphatic rings. The van der Waals surface area contributed by atoms with Crippen LogP contribution in [0.5, 0.6) is 0 Å². The van der Waals surface area contributed by atoms with E-state index in [1.54, 1.807) is 6.07 Å².